The zero-order valence-electron chi connectivity index (χ0n) is 19.4. The molecule has 0 saturated heterocycles. The number of amides is 1. The lowest BCUT2D eigenvalue weighted by molar-refractivity contribution is -0.149. The fraction of sp³-hybridized carbons (Fsp3) is 0.440. The molecule has 1 N–H and O–H groups in total. The van der Waals surface area contributed by atoms with E-state index in [4.69, 9.17) is 18.9 Å². The summed E-state index contributed by atoms with van der Waals surface area (Å²) in [7, 11) is 0. The van der Waals surface area contributed by atoms with Gasteiger partial charge >= 0.3 is 12.1 Å². The van der Waals surface area contributed by atoms with E-state index in [1.807, 2.05) is 42.5 Å². The van der Waals surface area contributed by atoms with Crippen molar-refractivity contribution in [2.24, 2.45) is 0 Å². The highest BCUT2D eigenvalue weighted by Gasteiger charge is 2.18. The molecule has 0 aromatic heterocycles. The standard InChI is InChI=1S/C25H33NO7/c1-4-30-23(24(27)28)18-20-10-12-22(13-11-20)32-17-15-26(25(29)33-19(2)3)14-16-31-21-8-6-5-7-9-21/h5-13,19,23H,4,14-18H2,1-3H3,(H,27,28). The third kappa shape index (κ3) is 9.82. The molecule has 0 saturated carbocycles. The minimum atomic E-state index is -0.984. The van der Waals surface area contributed by atoms with Crippen LogP contribution < -0.4 is 9.47 Å². The van der Waals surface area contributed by atoms with Gasteiger partial charge in [0.05, 0.1) is 19.2 Å². The highest BCUT2D eigenvalue weighted by molar-refractivity contribution is 5.72. The largest absolute Gasteiger partial charge is 0.492 e. The van der Waals surface area contributed by atoms with Gasteiger partial charge in [0.15, 0.2) is 6.10 Å². The molecule has 180 valence electrons. The Morgan fingerprint density at radius 3 is 2.00 bits per heavy atom. The van der Waals surface area contributed by atoms with E-state index in [-0.39, 0.29) is 19.1 Å². The van der Waals surface area contributed by atoms with Crippen molar-refractivity contribution in [3.05, 3.63) is 60.2 Å². The van der Waals surface area contributed by atoms with Gasteiger partial charge in [-0.2, -0.15) is 0 Å². The fourth-order valence-electron chi connectivity index (χ4n) is 2.99. The molecule has 0 aliphatic heterocycles. The summed E-state index contributed by atoms with van der Waals surface area (Å²) in [5.74, 6) is 0.377. The summed E-state index contributed by atoms with van der Waals surface area (Å²) in [4.78, 5) is 25.2. The van der Waals surface area contributed by atoms with Crippen molar-refractivity contribution >= 4 is 12.1 Å². The summed E-state index contributed by atoms with van der Waals surface area (Å²) in [6.45, 7) is 6.99. The number of hydrogen-bond acceptors (Lipinski definition) is 6. The van der Waals surface area contributed by atoms with Crippen LogP contribution in [0.4, 0.5) is 4.79 Å². The summed E-state index contributed by atoms with van der Waals surface area (Å²) in [6, 6.07) is 16.6. The normalized spacial score (nSPS) is 11.6. The Bertz CT molecular complexity index is 840. The highest BCUT2D eigenvalue weighted by Crippen LogP contribution is 2.15. The molecule has 0 aliphatic carbocycles. The molecule has 2 aromatic rings. The number of carboxylic acid groups (broad SMARTS) is 1. The molecule has 0 heterocycles. The van der Waals surface area contributed by atoms with E-state index in [1.54, 1.807) is 37.8 Å². The third-order valence-corrected chi connectivity index (χ3v) is 4.59. The van der Waals surface area contributed by atoms with Crippen LogP contribution in [0.3, 0.4) is 0 Å². The fourth-order valence-corrected chi connectivity index (χ4v) is 2.99. The number of rotatable bonds is 14. The molecule has 8 heteroatoms. The maximum atomic E-state index is 12.4. The highest BCUT2D eigenvalue weighted by atomic mass is 16.6. The smallest absolute Gasteiger partial charge is 0.410 e. The van der Waals surface area contributed by atoms with Crippen molar-refractivity contribution < 1.29 is 33.6 Å². The maximum Gasteiger partial charge on any atom is 0.410 e. The van der Waals surface area contributed by atoms with E-state index in [0.29, 0.717) is 32.1 Å². The van der Waals surface area contributed by atoms with Crippen LogP contribution in [-0.4, -0.2) is 67.2 Å². The molecule has 0 radical (unpaired) electrons. The average molecular weight is 460 g/mol. The summed E-state index contributed by atoms with van der Waals surface area (Å²) in [6.07, 6.45) is -1.24. The number of carboxylic acids is 1. The van der Waals surface area contributed by atoms with Crippen LogP contribution >= 0.6 is 0 Å². The van der Waals surface area contributed by atoms with Gasteiger partial charge in [0, 0.05) is 13.0 Å². The quantitative estimate of drug-likeness (QED) is 0.456. The van der Waals surface area contributed by atoms with Crippen molar-refractivity contribution in [2.75, 3.05) is 32.9 Å². The molecule has 2 aromatic carbocycles. The average Bonchev–Trinajstić information content (AvgIpc) is 2.79. The second-order valence-electron chi connectivity index (χ2n) is 7.56. The molecule has 1 unspecified atom stereocenters. The van der Waals surface area contributed by atoms with Crippen molar-refractivity contribution in [2.45, 2.75) is 39.4 Å². The molecule has 2 rings (SSSR count). The van der Waals surface area contributed by atoms with Gasteiger partial charge in [0.1, 0.15) is 24.7 Å². The van der Waals surface area contributed by atoms with Crippen molar-refractivity contribution in [1.82, 2.24) is 4.90 Å². The van der Waals surface area contributed by atoms with Crippen molar-refractivity contribution in [3.8, 4) is 11.5 Å². The first-order valence-corrected chi connectivity index (χ1v) is 11.1. The maximum absolute atomic E-state index is 12.4. The van der Waals surface area contributed by atoms with Crippen LogP contribution in [0.5, 0.6) is 11.5 Å². The van der Waals surface area contributed by atoms with Gasteiger partial charge in [-0.1, -0.05) is 30.3 Å². The van der Waals surface area contributed by atoms with Gasteiger partial charge < -0.3 is 29.0 Å². The number of aliphatic carboxylic acids is 1. The molecular formula is C25H33NO7. The van der Waals surface area contributed by atoms with Crippen molar-refractivity contribution in [1.29, 1.82) is 0 Å². The SMILES string of the molecule is CCOC(Cc1ccc(OCCN(CCOc2ccccc2)C(=O)OC(C)C)cc1)C(=O)O. The first-order chi connectivity index (χ1) is 15.9. The summed E-state index contributed by atoms with van der Waals surface area (Å²) in [5, 5.41) is 9.21. The van der Waals surface area contributed by atoms with Crippen LogP contribution in [-0.2, 0) is 20.7 Å². The number of carbonyl (C=O) groups excluding carboxylic acids is 1. The van der Waals surface area contributed by atoms with E-state index >= 15 is 0 Å². The molecule has 1 atom stereocenters. The monoisotopic (exact) mass is 459 g/mol. The van der Waals surface area contributed by atoms with E-state index in [0.717, 1.165) is 11.3 Å². The number of ether oxygens (including phenoxy) is 4. The van der Waals surface area contributed by atoms with E-state index in [2.05, 4.69) is 0 Å². The summed E-state index contributed by atoms with van der Waals surface area (Å²) in [5.41, 5.74) is 0.836. The second kappa shape index (κ2) is 14.0. The predicted octanol–water partition coefficient (Wildman–Crippen LogP) is 4.02. The Kier molecular flexibility index (Phi) is 11.0. The molecule has 0 spiro atoms. The Balaban J connectivity index is 1.85. The van der Waals surface area contributed by atoms with Gasteiger partial charge in [-0.15, -0.1) is 0 Å². The van der Waals surface area contributed by atoms with E-state index < -0.39 is 18.2 Å². The summed E-state index contributed by atoms with van der Waals surface area (Å²) < 4.78 is 22.0. The molecule has 8 nitrogen and oxygen atoms in total. The van der Waals surface area contributed by atoms with Crippen LogP contribution in [0.1, 0.15) is 26.3 Å². The first-order valence-electron chi connectivity index (χ1n) is 11.1. The molecule has 0 fully saturated rings. The lowest BCUT2D eigenvalue weighted by Crippen LogP contribution is -2.39. The Morgan fingerprint density at radius 1 is 0.909 bits per heavy atom. The number of nitrogens with zero attached hydrogens (tertiary/aromatic N) is 1. The van der Waals surface area contributed by atoms with Crippen molar-refractivity contribution in [3.63, 3.8) is 0 Å². The zero-order chi connectivity index (χ0) is 24.1. The Morgan fingerprint density at radius 2 is 1.48 bits per heavy atom. The molecule has 0 aliphatic rings. The number of para-hydroxylation sites is 1. The topological polar surface area (TPSA) is 94.5 Å². The van der Waals surface area contributed by atoms with Gasteiger partial charge in [0.25, 0.3) is 0 Å². The van der Waals surface area contributed by atoms with Gasteiger partial charge in [-0.25, -0.2) is 9.59 Å². The van der Waals surface area contributed by atoms with E-state index in [9.17, 15) is 14.7 Å². The minimum Gasteiger partial charge on any atom is -0.492 e. The Hall–Kier alpha value is -3.26. The third-order valence-electron chi connectivity index (χ3n) is 4.59. The molecule has 1 amide bonds. The van der Waals surface area contributed by atoms with Gasteiger partial charge in [-0.3, -0.25) is 0 Å². The van der Waals surface area contributed by atoms with Crippen LogP contribution in [0, 0.1) is 0 Å². The minimum absolute atomic E-state index is 0.227. The second-order valence-corrected chi connectivity index (χ2v) is 7.56. The molecule has 33 heavy (non-hydrogen) atoms. The van der Waals surface area contributed by atoms with E-state index in [1.165, 1.54) is 0 Å². The first kappa shape index (κ1) is 26.0. The lowest BCUT2D eigenvalue weighted by Gasteiger charge is -2.23. The van der Waals surface area contributed by atoms with Crippen LogP contribution in [0.15, 0.2) is 54.6 Å². The summed E-state index contributed by atoms with van der Waals surface area (Å²) >= 11 is 0. The number of benzene rings is 2. The Labute approximate surface area is 195 Å². The zero-order valence-corrected chi connectivity index (χ0v) is 19.4. The molecule has 0 bridgehead atoms. The molecular weight excluding hydrogens is 426 g/mol. The van der Waals surface area contributed by atoms with Gasteiger partial charge in [0.2, 0.25) is 0 Å². The number of carbonyl (C=O) groups is 2. The van der Waals surface area contributed by atoms with Crippen LogP contribution in [0.2, 0.25) is 0 Å². The van der Waals surface area contributed by atoms with Crippen LogP contribution in [0.25, 0.3) is 0 Å². The predicted molar refractivity (Wildman–Crippen MR) is 124 cm³/mol. The number of hydrogen-bond donors (Lipinski definition) is 1. The van der Waals surface area contributed by atoms with Gasteiger partial charge in [-0.05, 0) is 50.6 Å². The lowest BCUT2D eigenvalue weighted by atomic mass is 10.1.